The van der Waals surface area contributed by atoms with E-state index < -0.39 is 52.6 Å². The van der Waals surface area contributed by atoms with Gasteiger partial charge in [-0.15, -0.1) is 0 Å². The molecule has 1 aliphatic heterocycles. The van der Waals surface area contributed by atoms with Crippen LogP contribution in [0.5, 0.6) is 0 Å². The minimum atomic E-state index is -2.89. The topological polar surface area (TPSA) is 131 Å². The number of esters is 1. The molecule has 12 heteroatoms. The van der Waals surface area contributed by atoms with Crippen molar-refractivity contribution in [1.29, 1.82) is 0 Å². The van der Waals surface area contributed by atoms with Crippen molar-refractivity contribution in [3.05, 3.63) is 63.6 Å². The van der Waals surface area contributed by atoms with Gasteiger partial charge in [-0.2, -0.15) is 0 Å². The van der Waals surface area contributed by atoms with E-state index in [1.54, 1.807) is 46.8 Å². The molecule has 1 heterocycles. The van der Waals surface area contributed by atoms with E-state index in [2.05, 4.69) is 15.9 Å². The van der Waals surface area contributed by atoms with Crippen LogP contribution in [0.4, 0.5) is 5.69 Å². The number of carbonyl (C=O) groups is 4. The highest BCUT2D eigenvalue weighted by atomic mass is 79.9. The molecule has 2 atom stereocenters. The van der Waals surface area contributed by atoms with E-state index in [4.69, 9.17) is 9.57 Å². The maximum Gasteiger partial charge on any atom is 0.356 e. The second kappa shape index (κ2) is 10.5. The zero-order chi connectivity index (χ0) is 26.9. The number of hydrogen-bond acceptors (Lipinski definition) is 7. The van der Waals surface area contributed by atoms with Crippen LogP contribution < -0.4 is 4.47 Å². The summed E-state index contributed by atoms with van der Waals surface area (Å²) >= 11 is 0.326. The van der Waals surface area contributed by atoms with Gasteiger partial charge in [0.05, 0.1) is 21.2 Å². The molecule has 192 valence electrons. The van der Waals surface area contributed by atoms with E-state index in [1.165, 1.54) is 30.3 Å². The summed E-state index contributed by atoms with van der Waals surface area (Å²) < 4.78 is 27.9. The highest BCUT2D eigenvalue weighted by molar-refractivity contribution is 9.10. The van der Waals surface area contributed by atoms with Crippen LogP contribution in [0.2, 0.25) is 0 Å². The van der Waals surface area contributed by atoms with Crippen molar-refractivity contribution in [3.8, 4) is 0 Å². The number of halogens is 1. The number of rotatable bonds is 7. The second-order valence-electron chi connectivity index (χ2n) is 9.25. The van der Waals surface area contributed by atoms with Gasteiger partial charge in [-0.25, -0.2) is 13.8 Å². The standard InChI is InChI=1S/C24H25BrN2O8S/c1-13(2)19(26-20(28)14-9-6-7-10-15(14)21(26)29)23(31)35-27(36(32)33)17-12-8-11-16(18(17)25)22(30)34-24(3,4)5/h6-13,19H,1-5H3,(H,32,33)/t19-/m0/s1. The Bertz CT molecular complexity index is 1220. The molecule has 0 spiro atoms. The lowest BCUT2D eigenvalue weighted by molar-refractivity contribution is -0.149. The van der Waals surface area contributed by atoms with Crippen LogP contribution in [0.25, 0.3) is 0 Å². The fourth-order valence-electron chi connectivity index (χ4n) is 3.59. The molecule has 10 nitrogen and oxygen atoms in total. The quantitative estimate of drug-likeness (QED) is 0.224. The maximum atomic E-state index is 13.3. The molecule has 0 aliphatic carbocycles. The number of anilines is 1. The van der Waals surface area contributed by atoms with Crippen molar-refractivity contribution in [2.75, 3.05) is 4.47 Å². The Morgan fingerprint density at radius 3 is 2.06 bits per heavy atom. The Kier molecular flexibility index (Phi) is 8.01. The van der Waals surface area contributed by atoms with Crippen molar-refractivity contribution in [2.45, 2.75) is 46.3 Å². The molecule has 0 fully saturated rings. The Hall–Kier alpha value is -3.09. The second-order valence-corrected chi connectivity index (χ2v) is 10.8. The number of nitrogens with zero attached hydrogens (tertiary/aromatic N) is 2. The summed E-state index contributed by atoms with van der Waals surface area (Å²) in [5, 5.41) is 0. The zero-order valence-corrected chi connectivity index (χ0v) is 22.6. The largest absolute Gasteiger partial charge is 0.456 e. The van der Waals surface area contributed by atoms with Gasteiger partial charge in [-0.05, 0) is 66.9 Å². The highest BCUT2D eigenvalue weighted by Gasteiger charge is 2.45. The van der Waals surface area contributed by atoms with Crippen LogP contribution >= 0.6 is 15.9 Å². The molecule has 1 N–H and O–H groups in total. The molecular formula is C24H25BrN2O8S. The van der Waals surface area contributed by atoms with Gasteiger partial charge in [-0.1, -0.05) is 36.5 Å². The lowest BCUT2D eigenvalue weighted by Gasteiger charge is -2.29. The van der Waals surface area contributed by atoms with E-state index >= 15 is 0 Å². The summed E-state index contributed by atoms with van der Waals surface area (Å²) in [5.74, 6) is -3.76. The summed E-state index contributed by atoms with van der Waals surface area (Å²) in [7, 11) is 0. The van der Waals surface area contributed by atoms with Crippen LogP contribution in [0.3, 0.4) is 0 Å². The third-order valence-corrected chi connectivity index (χ3v) is 6.47. The van der Waals surface area contributed by atoms with Gasteiger partial charge >= 0.3 is 11.9 Å². The molecule has 0 saturated heterocycles. The van der Waals surface area contributed by atoms with Crippen molar-refractivity contribution in [2.24, 2.45) is 5.92 Å². The lowest BCUT2D eigenvalue weighted by atomic mass is 10.0. The van der Waals surface area contributed by atoms with Gasteiger partial charge in [0.15, 0.2) is 0 Å². The van der Waals surface area contributed by atoms with E-state index in [1.807, 2.05) is 0 Å². The maximum absolute atomic E-state index is 13.3. The van der Waals surface area contributed by atoms with Crippen molar-refractivity contribution >= 4 is 56.6 Å². The SMILES string of the molecule is CC(C)[C@@H](C(=O)ON(c1cccc(C(=O)OC(C)(C)C)c1Br)S(=O)O)N1C(=O)c2ccccc2C1=O. The number of ether oxygens (including phenoxy) is 1. The molecule has 3 rings (SSSR count). The summed E-state index contributed by atoms with van der Waals surface area (Å²) in [5.41, 5.74) is -0.602. The fourth-order valence-corrected chi connectivity index (χ4v) is 4.75. The van der Waals surface area contributed by atoms with Crippen LogP contribution in [-0.2, 0) is 25.6 Å². The first kappa shape index (κ1) is 27.5. The lowest BCUT2D eigenvalue weighted by Crippen LogP contribution is -2.50. The predicted octanol–water partition coefficient (Wildman–Crippen LogP) is 4.13. The molecule has 0 bridgehead atoms. The van der Waals surface area contributed by atoms with Crippen molar-refractivity contribution in [3.63, 3.8) is 0 Å². The first-order chi connectivity index (χ1) is 16.7. The molecule has 0 aromatic heterocycles. The molecule has 2 aromatic carbocycles. The molecule has 36 heavy (non-hydrogen) atoms. The van der Waals surface area contributed by atoms with Gasteiger partial charge in [0.1, 0.15) is 17.3 Å². The van der Waals surface area contributed by atoms with Gasteiger partial charge in [-0.3, -0.25) is 19.0 Å². The number of benzene rings is 2. The van der Waals surface area contributed by atoms with Crippen LogP contribution in [0.15, 0.2) is 46.9 Å². The summed E-state index contributed by atoms with van der Waals surface area (Å²) in [4.78, 5) is 57.8. The number of hydrogen-bond donors (Lipinski definition) is 1. The normalized spacial score (nSPS) is 14.9. The highest BCUT2D eigenvalue weighted by Crippen LogP contribution is 2.33. The van der Waals surface area contributed by atoms with E-state index in [9.17, 15) is 27.9 Å². The summed E-state index contributed by atoms with van der Waals surface area (Å²) in [6, 6.07) is 8.94. The third kappa shape index (κ3) is 5.50. The summed E-state index contributed by atoms with van der Waals surface area (Å²) in [6.45, 7) is 8.27. The molecule has 2 amide bonds. The van der Waals surface area contributed by atoms with Gasteiger partial charge in [0, 0.05) is 0 Å². The van der Waals surface area contributed by atoms with Crippen LogP contribution in [-0.4, -0.2) is 49.1 Å². The zero-order valence-electron chi connectivity index (χ0n) is 20.2. The minimum absolute atomic E-state index is 0.0229. The average molecular weight is 581 g/mol. The smallest absolute Gasteiger partial charge is 0.356 e. The third-order valence-electron chi connectivity index (χ3n) is 5.09. The first-order valence-electron chi connectivity index (χ1n) is 10.9. The summed E-state index contributed by atoms with van der Waals surface area (Å²) in [6.07, 6.45) is 0. The fraction of sp³-hybridized carbons (Fsp3) is 0.333. The van der Waals surface area contributed by atoms with Crippen molar-refractivity contribution < 1.29 is 37.5 Å². The number of imide groups is 1. The van der Waals surface area contributed by atoms with Gasteiger partial charge < -0.3 is 9.57 Å². The molecule has 1 unspecified atom stereocenters. The molecule has 2 aromatic rings. The van der Waals surface area contributed by atoms with Gasteiger partial charge in [0.2, 0.25) is 0 Å². The Morgan fingerprint density at radius 1 is 1.03 bits per heavy atom. The monoisotopic (exact) mass is 580 g/mol. The van der Waals surface area contributed by atoms with E-state index in [0.29, 0.717) is 4.47 Å². The first-order valence-corrected chi connectivity index (χ1v) is 12.7. The Morgan fingerprint density at radius 2 is 1.58 bits per heavy atom. The number of carbonyl (C=O) groups excluding carboxylic acids is 4. The van der Waals surface area contributed by atoms with Crippen molar-refractivity contribution in [1.82, 2.24) is 4.90 Å². The molecular weight excluding hydrogens is 556 g/mol. The predicted molar refractivity (Wildman–Crippen MR) is 134 cm³/mol. The molecule has 0 saturated carbocycles. The molecule has 1 aliphatic rings. The minimum Gasteiger partial charge on any atom is -0.456 e. The average Bonchev–Trinajstić information content (AvgIpc) is 3.02. The van der Waals surface area contributed by atoms with E-state index in [0.717, 1.165) is 4.90 Å². The van der Waals surface area contributed by atoms with Gasteiger partial charge in [0.25, 0.3) is 23.1 Å². The number of fused-ring (bicyclic) bond motifs is 1. The van der Waals surface area contributed by atoms with Crippen LogP contribution in [0.1, 0.15) is 65.7 Å². The molecule has 0 radical (unpaired) electrons. The van der Waals surface area contributed by atoms with Crippen LogP contribution in [0, 0.1) is 5.92 Å². The Labute approximate surface area is 219 Å². The number of amides is 2. The Balaban J connectivity index is 1.94. The van der Waals surface area contributed by atoms with E-state index in [-0.39, 0.29) is 26.9 Å².